The van der Waals surface area contributed by atoms with Crippen molar-refractivity contribution in [2.75, 3.05) is 32.8 Å². The summed E-state index contributed by atoms with van der Waals surface area (Å²) in [6.45, 7) is 8.60. The number of rotatable bonds is 5. The highest BCUT2D eigenvalue weighted by Gasteiger charge is 2.23. The Bertz CT molecular complexity index is 833. The minimum atomic E-state index is -0.0205. The van der Waals surface area contributed by atoms with E-state index in [-0.39, 0.29) is 18.4 Å². The number of hydrogen-bond donors (Lipinski definition) is 0. The number of thiophene rings is 1. The van der Waals surface area contributed by atoms with E-state index in [2.05, 4.69) is 6.07 Å². The lowest BCUT2D eigenvalue weighted by Gasteiger charge is -2.23. The molecule has 2 aromatic rings. The second kappa shape index (κ2) is 9.24. The summed E-state index contributed by atoms with van der Waals surface area (Å²) >= 11 is 1.61. The standard InChI is InChI=1S/C22H28N2O3S/c1-16-7-8-17(2)22(18(16)3)27-15-21(26)24-10-5-9-23(11-12-24)20(25)14-19-6-4-13-28-19/h4,6-8,13H,5,9-12,14-15H2,1-3H3. The van der Waals surface area contributed by atoms with Crippen LogP contribution in [0.1, 0.15) is 28.0 Å². The Hall–Kier alpha value is -2.34. The molecule has 1 aliphatic rings. The molecule has 5 nitrogen and oxygen atoms in total. The lowest BCUT2D eigenvalue weighted by molar-refractivity contribution is -0.134. The molecule has 0 N–H and O–H groups in total. The zero-order chi connectivity index (χ0) is 20.1. The summed E-state index contributed by atoms with van der Waals surface area (Å²) in [5.41, 5.74) is 3.27. The van der Waals surface area contributed by atoms with Crippen molar-refractivity contribution in [3.05, 3.63) is 51.2 Å². The molecule has 1 saturated heterocycles. The Morgan fingerprint density at radius 1 is 0.964 bits per heavy atom. The summed E-state index contributed by atoms with van der Waals surface area (Å²) < 4.78 is 5.88. The molecule has 0 aliphatic carbocycles. The smallest absolute Gasteiger partial charge is 0.260 e. The van der Waals surface area contributed by atoms with Gasteiger partial charge in [-0.25, -0.2) is 0 Å². The fourth-order valence-electron chi connectivity index (χ4n) is 3.46. The molecule has 1 fully saturated rings. The maximum absolute atomic E-state index is 12.7. The van der Waals surface area contributed by atoms with E-state index in [1.54, 1.807) is 11.3 Å². The van der Waals surface area contributed by atoms with Crippen molar-refractivity contribution in [3.63, 3.8) is 0 Å². The molecule has 0 atom stereocenters. The van der Waals surface area contributed by atoms with Crippen molar-refractivity contribution >= 4 is 23.2 Å². The average molecular weight is 401 g/mol. The van der Waals surface area contributed by atoms with Gasteiger partial charge < -0.3 is 14.5 Å². The highest BCUT2D eigenvalue weighted by Crippen LogP contribution is 2.25. The van der Waals surface area contributed by atoms with Crippen LogP contribution in [-0.2, 0) is 16.0 Å². The number of nitrogens with zero attached hydrogens (tertiary/aromatic N) is 2. The van der Waals surface area contributed by atoms with Gasteiger partial charge in [-0.15, -0.1) is 11.3 Å². The molecule has 1 aromatic heterocycles. The molecule has 0 spiro atoms. The second-order valence-electron chi connectivity index (χ2n) is 7.31. The maximum Gasteiger partial charge on any atom is 0.260 e. The van der Waals surface area contributed by atoms with Crippen LogP contribution in [0.2, 0.25) is 0 Å². The highest BCUT2D eigenvalue weighted by atomic mass is 32.1. The van der Waals surface area contributed by atoms with E-state index in [9.17, 15) is 9.59 Å². The average Bonchev–Trinajstić information content (AvgIpc) is 3.05. The molecule has 150 valence electrons. The van der Waals surface area contributed by atoms with Crippen LogP contribution < -0.4 is 4.74 Å². The van der Waals surface area contributed by atoms with Gasteiger partial charge in [0, 0.05) is 31.1 Å². The summed E-state index contributed by atoms with van der Waals surface area (Å²) in [4.78, 5) is 30.0. The predicted molar refractivity (Wildman–Crippen MR) is 112 cm³/mol. The minimum absolute atomic E-state index is 0.0205. The second-order valence-corrected chi connectivity index (χ2v) is 8.35. The fraction of sp³-hybridized carbons (Fsp3) is 0.455. The van der Waals surface area contributed by atoms with Crippen LogP contribution in [0.3, 0.4) is 0 Å². The predicted octanol–water partition coefficient (Wildman–Crippen LogP) is 3.36. The fourth-order valence-corrected chi connectivity index (χ4v) is 4.16. The Morgan fingerprint density at radius 3 is 2.32 bits per heavy atom. The molecule has 28 heavy (non-hydrogen) atoms. The topological polar surface area (TPSA) is 49.9 Å². The number of carbonyl (C=O) groups excluding carboxylic acids is 2. The van der Waals surface area contributed by atoms with Crippen molar-refractivity contribution in [2.24, 2.45) is 0 Å². The summed E-state index contributed by atoms with van der Waals surface area (Å²) in [6.07, 6.45) is 1.24. The molecule has 0 bridgehead atoms. The normalized spacial score (nSPS) is 14.7. The molecular weight excluding hydrogens is 372 g/mol. The van der Waals surface area contributed by atoms with E-state index in [4.69, 9.17) is 4.74 Å². The van der Waals surface area contributed by atoms with E-state index in [1.807, 2.05) is 54.2 Å². The molecule has 0 radical (unpaired) electrons. The number of carbonyl (C=O) groups is 2. The summed E-state index contributed by atoms with van der Waals surface area (Å²) in [6, 6.07) is 8.04. The number of ether oxygens (including phenoxy) is 1. The van der Waals surface area contributed by atoms with Crippen LogP contribution in [0.15, 0.2) is 29.6 Å². The first-order chi connectivity index (χ1) is 13.5. The first-order valence-electron chi connectivity index (χ1n) is 9.73. The van der Waals surface area contributed by atoms with Gasteiger partial charge in [0.25, 0.3) is 5.91 Å². The van der Waals surface area contributed by atoms with Crippen LogP contribution in [0.25, 0.3) is 0 Å². The van der Waals surface area contributed by atoms with Crippen LogP contribution in [0, 0.1) is 20.8 Å². The van der Waals surface area contributed by atoms with Crippen molar-refractivity contribution in [3.8, 4) is 5.75 Å². The van der Waals surface area contributed by atoms with E-state index < -0.39 is 0 Å². The molecule has 0 unspecified atom stereocenters. The molecule has 1 aliphatic heterocycles. The van der Waals surface area contributed by atoms with Gasteiger partial charge in [-0.05, 0) is 55.3 Å². The highest BCUT2D eigenvalue weighted by molar-refractivity contribution is 7.10. The quantitative estimate of drug-likeness (QED) is 0.773. The molecule has 2 heterocycles. The summed E-state index contributed by atoms with van der Waals surface area (Å²) in [5, 5.41) is 1.99. The maximum atomic E-state index is 12.7. The number of benzene rings is 1. The van der Waals surface area contributed by atoms with Gasteiger partial charge in [0.1, 0.15) is 5.75 Å². The van der Waals surface area contributed by atoms with E-state index in [1.165, 1.54) is 0 Å². The number of aryl methyl sites for hydroxylation is 2. The van der Waals surface area contributed by atoms with Crippen LogP contribution in [0.5, 0.6) is 5.75 Å². The Balaban J connectivity index is 1.53. The Labute approximate surface area is 170 Å². The van der Waals surface area contributed by atoms with Crippen LogP contribution in [-0.4, -0.2) is 54.4 Å². The molecule has 1 aromatic carbocycles. The largest absolute Gasteiger partial charge is 0.483 e. The van der Waals surface area contributed by atoms with Crippen molar-refractivity contribution in [2.45, 2.75) is 33.6 Å². The first kappa shape index (κ1) is 20.4. The third kappa shape index (κ3) is 4.93. The molecule has 6 heteroatoms. The van der Waals surface area contributed by atoms with E-state index in [0.29, 0.717) is 32.6 Å². The SMILES string of the molecule is Cc1ccc(C)c(OCC(=O)N2CCCN(C(=O)Cc3cccs3)CC2)c1C. The van der Waals surface area contributed by atoms with Crippen LogP contribution in [0.4, 0.5) is 0 Å². The van der Waals surface area contributed by atoms with Gasteiger partial charge in [-0.3, -0.25) is 9.59 Å². The van der Waals surface area contributed by atoms with Gasteiger partial charge in [-0.1, -0.05) is 18.2 Å². The van der Waals surface area contributed by atoms with Gasteiger partial charge >= 0.3 is 0 Å². The van der Waals surface area contributed by atoms with Crippen molar-refractivity contribution in [1.29, 1.82) is 0 Å². The van der Waals surface area contributed by atoms with E-state index in [0.717, 1.165) is 33.7 Å². The van der Waals surface area contributed by atoms with Gasteiger partial charge in [0.2, 0.25) is 5.91 Å². The third-order valence-electron chi connectivity index (χ3n) is 5.32. The zero-order valence-electron chi connectivity index (χ0n) is 16.9. The number of amides is 2. The van der Waals surface area contributed by atoms with Gasteiger partial charge in [-0.2, -0.15) is 0 Å². The molecular formula is C22H28N2O3S. The lowest BCUT2D eigenvalue weighted by atomic mass is 10.1. The monoisotopic (exact) mass is 400 g/mol. The third-order valence-corrected chi connectivity index (χ3v) is 6.20. The van der Waals surface area contributed by atoms with Crippen LogP contribution >= 0.6 is 11.3 Å². The van der Waals surface area contributed by atoms with Crippen molar-refractivity contribution in [1.82, 2.24) is 9.80 Å². The Morgan fingerprint density at radius 2 is 1.64 bits per heavy atom. The molecule has 2 amide bonds. The molecule has 0 saturated carbocycles. The minimum Gasteiger partial charge on any atom is -0.483 e. The lowest BCUT2D eigenvalue weighted by Crippen LogP contribution is -2.39. The van der Waals surface area contributed by atoms with Crippen molar-refractivity contribution < 1.29 is 14.3 Å². The first-order valence-corrected chi connectivity index (χ1v) is 10.6. The van der Waals surface area contributed by atoms with E-state index >= 15 is 0 Å². The summed E-state index contributed by atoms with van der Waals surface area (Å²) in [7, 11) is 0. The molecule has 3 rings (SSSR count). The van der Waals surface area contributed by atoms with Gasteiger partial charge in [0.05, 0.1) is 6.42 Å². The van der Waals surface area contributed by atoms with Gasteiger partial charge in [0.15, 0.2) is 6.61 Å². The Kier molecular flexibility index (Phi) is 6.73. The number of hydrogen-bond acceptors (Lipinski definition) is 4. The summed E-state index contributed by atoms with van der Waals surface area (Å²) in [5.74, 6) is 0.919. The zero-order valence-corrected chi connectivity index (χ0v) is 17.7.